The minimum absolute atomic E-state index is 0.0978. The fraction of sp³-hybridized carbons (Fsp3) is 0.417. The Labute approximate surface area is 100 Å². The van der Waals surface area contributed by atoms with Gasteiger partial charge in [0, 0.05) is 5.75 Å². The van der Waals surface area contributed by atoms with Gasteiger partial charge in [-0.05, 0) is 29.8 Å². The summed E-state index contributed by atoms with van der Waals surface area (Å²) >= 11 is 1.85. The summed E-state index contributed by atoms with van der Waals surface area (Å²) in [6.45, 7) is 0.741. The first-order valence-electron chi connectivity index (χ1n) is 5.30. The lowest BCUT2D eigenvalue weighted by Gasteiger charge is -2.02. The second-order valence-corrected chi connectivity index (χ2v) is 4.69. The van der Waals surface area contributed by atoms with Crippen molar-refractivity contribution in [3.05, 3.63) is 35.4 Å². The van der Waals surface area contributed by atoms with Crippen LogP contribution in [-0.2, 0) is 17.0 Å². The number of carboxylic acids is 1. The van der Waals surface area contributed by atoms with Gasteiger partial charge in [-0.25, -0.2) is 0 Å². The fourth-order valence-corrected chi connectivity index (χ4v) is 2.25. The topological polar surface area (TPSA) is 63.3 Å². The Morgan fingerprint density at radius 1 is 1.25 bits per heavy atom. The molecule has 0 spiro atoms. The lowest BCUT2D eigenvalue weighted by molar-refractivity contribution is -0.136. The van der Waals surface area contributed by atoms with E-state index < -0.39 is 5.97 Å². The lowest BCUT2D eigenvalue weighted by Crippen LogP contribution is -2.00. The molecule has 0 aromatic heterocycles. The Kier molecular flexibility index (Phi) is 5.96. The molecule has 0 heterocycles. The van der Waals surface area contributed by atoms with E-state index in [1.165, 1.54) is 5.56 Å². The van der Waals surface area contributed by atoms with Crippen LogP contribution in [0, 0.1) is 0 Å². The van der Waals surface area contributed by atoms with Gasteiger partial charge in [0.2, 0.25) is 0 Å². The molecule has 0 unspecified atom stereocenters. The van der Waals surface area contributed by atoms with E-state index in [0.29, 0.717) is 0 Å². The zero-order chi connectivity index (χ0) is 11.8. The molecular weight excluding hydrogens is 222 g/mol. The Morgan fingerprint density at radius 3 is 2.44 bits per heavy atom. The number of thioether (sulfide) groups is 1. The molecule has 1 aromatic carbocycles. The summed E-state index contributed by atoms with van der Waals surface area (Å²) in [7, 11) is 0. The molecule has 0 radical (unpaired) electrons. The molecule has 0 saturated heterocycles. The Hall–Kier alpha value is -1.00. The van der Waals surface area contributed by atoms with E-state index >= 15 is 0 Å². The largest absolute Gasteiger partial charge is 0.481 e. The normalized spacial score (nSPS) is 10.3. The highest BCUT2D eigenvalue weighted by molar-refractivity contribution is 7.98. The summed E-state index contributed by atoms with van der Waals surface area (Å²) in [5.74, 6) is 1.26. The van der Waals surface area contributed by atoms with E-state index in [4.69, 9.17) is 10.8 Å². The highest BCUT2D eigenvalue weighted by Crippen LogP contribution is 2.14. The van der Waals surface area contributed by atoms with Gasteiger partial charge in [-0.15, -0.1) is 0 Å². The van der Waals surface area contributed by atoms with Crippen molar-refractivity contribution in [2.45, 2.75) is 18.6 Å². The van der Waals surface area contributed by atoms with Crippen LogP contribution in [-0.4, -0.2) is 23.4 Å². The number of hydrogen-bond acceptors (Lipinski definition) is 3. The van der Waals surface area contributed by atoms with Crippen LogP contribution in [0.25, 0.3) is 0 Å². The average molecular weight is 239 g/mol. The molecule has 0 amide bonds. The van der Waals surface area contributed by atoms with Gasteiger partial charge in [-0.2, -0.15) is 11.8 Å². The average Bonchev–Trinajstić information content (AvgIpc) is 2.26. The predicted octanol–water partition coefficient (Wildman–Crippen LogP) is 1.90. The summed E-state index contributed by atoms with van der Waals surface area (Å²) < 4.78 is 0. The number of carbonyl (C=O) groups is 1. The summed E-state index contributed by atoms with van der Waals surface area (Å²) in [5, 5.41) is 8.62. The summed E-state index contributed by atoms with van der Waals surface area (Å²) in [4.78, 5) is 10.5. The maximum Gasteiger partial charge on any atom is 0.307 e. The van der Waals surface area contributed by atoms with Crippen LogP contribution >= 0.6 is 11.8 Å². The summed E-state index contributed by atoms with van der Waals surface area (Å²) in [6, 6.07) is 7.75. The number of aliphatic carboxylic acids is 1. The Bertz CT molecular complexity index is 324. The molecule has 3 nitrogen and oxygen atoms in total. The van der Waals surface area contributed by atoms with Crippen LogP contribution in [0.1, 0.15) is 17.5 Å². The molecule has 3 N–H and O–H groups in total. The standard InChI is InChI=1S/C12H17NO2S/c13-6-1-7-16-9-11-4-2-10(3-5-11)8-12(14)15/h2-5H,1,6-9,13H2,(H,14,15). The van der Waals surface area contributed by atoms with E-state index in [-0.39, 0.29) is 6.42 Å². The molecule has 0 aliphatic rings. The maximum atomic E-state index is 10.5. The Balaban J connectivity index is 2.36. The number of hydrogen-bond donors (Lipinski definition) is 2. The quantitative estimate of drug-likeness (QED) is 0.713. The highest BCUT2D eigenvalue weighted by Gasteiger charge is 2.00. The van der Waals surface area contributed by atoms with Gasteiger partial charge in [0.15, 0.2) is 0 Å². The van der Waals surface area contributed by atoms with Crippen LogP contribution in [0.2, 0.25) is 0 Å². The first-order chi connectivity index (χ1) is 7.72. The van der Waals surface area contributed by atoms with Crippen LogP contribution in [0.5, 0.6) is 0 Å². The summed E-state index contributed by atoms with van der Waals surface area (Å²) in [5.41, 5.74) is 7.49. The SMILES string of the molecule is NCCCSCc1ccc(CC(=O)O)cc1. The van der Waals surface area contributed by atoms with E-state index in [0.717, 1.165) is 30.0 Å². The molecule has 1 rings (SSSR count). The number of carboxylic acid groups (broad SMARTS) is 1. The molecule has 0 bridgehead atoms. The van der Waals surface area contributed by atoms with Crippen molar-refractivity contribution in [1.29, 1.82) is 0 Å². The highest BCUT2D eigenvalue weighted by atomic mass is 32.2. The van der Waals surface area contributed by atoms with Crippen LogP contribution in [0.15, 0.2) is 24.3 Å². The van der Waals surface area contributed by atoms with E-state index in [2.05, 4.69) is 0 Å². The summed E-state index contributed by atoms with van der Waals surface area (Å²) in [6.07, 6.45) is 1.14. The second kappa shape index (κ2) is 7.30. The first-order valence-corrected chi connectivity index (χ1v) is 6.45. The fourth-order valence-electron chi connectivity index (χ4n) is 1.30. The lowest BCUT2D eigenvalue weighted by atomic mass is 10.1. The van der Waals surface area contributed by atoms with Gasteiger partial charge < -0.3 is 10.8 Å². The van der Waals surface area contributed by atoms with Crippen molar-refractivity contribution in [2.75, 3.05) is 12.3 Å². The first kappa shape index (κ1) is 13.1. The van der Waals surface area contributed by atoms with Gasteiger partial charge in [0.25, 0.3) is 0 Å². The molecule has 0 fully saturated rings. The molecule has 4 heteroatoms. The van der Waals surface area contributed by atoms with Crippen LogP contribution in [0.4, 0.5) is 0 Å². The Morgan fingerprint density at radius 2 is 1.88 bits per heavy atom. The molecule has 0 atom stereocenters. The maximum absolute atomic E-state index is 10.5. The second-order valence-electron chi connectivity index (χ2n) is 3.58. The zero-order valence-corrected chi connectivity index (χ0v) is 10.0. The van der Waals surface area contributed by atoms with Crippen molar-refractivity contribution in [1.82, 2.24) is 0 Å². The molecule has 16 heavy (non-hydrogen) atoms. The van der Waals surface area contributed by atoms with Gasteiger partial charge in [-0.1, -0.05) is 24.3 Å². The number of nitrogens with two attached hydrogens (primary N) is 1. The molecule has 0 aliphatic heterocycles. The van der Waals surface area contributed by atoms with E-state index in [9.17, 15) is 4.79 Å². The number of benzene rings is 1. The van der Waals surface area contributed by atoms with Crippen LogP contribution < -0.4 is 5.73 Å². The molecular formula is C12H17NO2S. The van der Waals surface area contributed by atoms with E-state index in [1.54, 1.807) is 0 Å². The van der Waals surface area contributed by atoms with Gasteiger partial charge in [0.05, 0.1) is 6.42 Å². The number of rotatable bonds is 7. The smallest absolute Gasteiger partial charge is 0.307 e. The van der Waals surface area contributed by atoms with Crippen molar-refractivity contribution in [2.24, 2.45) is 5.73 Å². The van der Waals surface area contributed by atoms with Crippen molar-refractivity contribution in [3.63, 3.8) is 0 Å². The predicted molar refractivity (Wildman–Crippen MR) is 67.6 cm³/mol. The van der Waals surface area contributed by atoms with Gasteiger partial charge >= 0.3 is 5.97 Å². The van der Waals surface area contributed by atoms with Gasteiger partial charge in [-0.3, -0.25) is 4.79 Å². The minimum atomic E-state index is -0.787. The molecule has 88 valence electrons. The molecule has 0 aliphatic carbocycles. The van der Waals surface area contributed by atoms with E-state index in [1.807, 2.05) is 36.0 Å². The molecule has 0 saturated carbocycles. The minimum Gasteiger partial charge on any atom is -0.481 e. The third kappa shape index (κ3) is 5.19. The van der Waals surface area contributed by atoms with Crippen molar-refractivity contribution in [3.8, 4) is 0 Å². The van der Waals surface area contributed by atoms with Crippen molar-refractivity contribution < 1.29 is 9.90 Å². The van der Waals surface area contributed by atoms with Crippen LogP contribution in [0.3, 0.4) is 0 Å². The molecule has 1 aromatic rings. The monoisotopic (exact) mass is 239 g/mol. The van der Waals surface area contributed by atoms with Gasteiger partial charge in [0.1, 0.15) is 0 Å². The third-order valence-electron chi connectivity index (χ3n) is 2.14. The zero-order valence-electron chi connectivity index (χ0n) is 9.19. The third-order valence-corrected chi connectivity index (χ3v) is 3.25. The van der Waals surface area contributed by atoms with Crippen molar-refractivity contribution >= 4 is 17.7 Å².